The van der Waals surface area contributed by atoms with Gasteiger partial charge < -0.3 is 20.7 Å². The predicted octanol–water partition coefficient (Wildman–Crippen LogP) is 6.56. The van der Waals surface area contributed by atoms with Gasteiger partial charge in [0.15, 0.2) is 6.61 Å². The highest BCUT2D eigenvalue weighted by atomic mass is 35.5. The molecule has 1 aliphatic heterocycles. The van der Waals surface area contributed by atoms with Gasteiger partial charge in [0.25, 0.3) is 11.8 Å². The number of nitrogens with one attached hydrogen (secondary N) is 1. The van der Waals surface area contributed by atoms with Gasteiger partial charge in [-0.1, -0.05) is 35.3 Å². The van der Waals surface area contributed by atoms with Gasteiger partial charge in [0.1, 0.15) is 11.6 Å². The lowest BCUT2D eigenvalue weighted by Crippen LogP contribution is -2.42. The Balaban J connectivity index is 1.67. The number of benzene rings is 3. The minimum Gasteiger partial charge on any atom is -0.482 e. The van der Waals surface area contributed by atoms with Gasteiger partial charge in [-0.2, -0.15) is 13.2 Å². The van der Waals surface area contributed by atoms with Crippen LogP contribution in [-0.2, 0) is 0 Å². The molecular weight excluding hydrogens is 561 g/mol. The molecule has 12 heteroatoms. The average molecular weight is 584 g/mol. The number of carbonyl (C=O) groups is 2. The Bertz CT molecular complexity index is 1370. The van der Waals surface area contributed by atoms with Crippen LogP contribution in [0, 0.1) is 5.82 Å². The SMILES string of the molecule is NC1CCN(C(=O)c2ccc(Cl)c(-c3ccc(NC(=O)c4c(F)cccc4Cl)c(OCC(F)(F)F)c3)c2)CC1. The molecule has 2 amide bonds. The third kappa shape index (κ3) is 7.00. The summed E-state index contributed by atoms with van der Waals surface area (Å²) >= 11 is 12.3. The zero-order valence-electron chi connectivity index (χ0n) is 20.3. The maximum absolute atomic E-state index is 14.2. The largest absolute Gasteiger partial charge is 0.482 e. The van der Waals surface area contributed by atoms with Crippen molar-refractivity contribution in [1.29, 1.82) is 0 Å². The first-order valence-electron chi connectivity index (χ1n) is 11.9. The number of carbonyl (C=O) groups excluding carboxylic acids is 2. The van der Waals surface area contributed by atoms with Gasteiger partial charge >= 0.3 is 6.18 Å². The highest BCUT2D eigenvalue weighted by Crippen LogP contribution is 2.36. The lowest BCUT2D eigenvalue weighted by molar-refractivity contribution is -0.153. The second kappa shape index (κ2) is 11.8. The number of alkyl halides is 3. The molecule has 0 unspecified atom stereocenters. The molecule has 3 aromatic carbocycles. The normalized spacial score (nSPS) is 14.3. The molecule has 1 saturated heterocycles. The highest BCUT2D eigenvalue weighted by Gasteiger charge is 2.29. The maximum Gasteiger partial charge on any atom is 0.422 e. The Labute approximate surface area is 231 Å². The van der Waals surface area contributed by atoms with Crippen LogP contribution in [0.25, 0.3) is 11.1 Å². The van der Waals surface area contributed by atoms with E-state index >= 15 is 0 Å². The zero-order valence-corrected chi connectivity index (χ0v) is 21.8. The average Bonchev–Trinajstić information content (AvgIpc) is 2.88. The summed E-state index contributed by atoms with van der Waals surface area (Å²) in [6.45, 7) is -0.634. The fourth-order valence-corrected chi connectivity index (χ4v) is 4.61. The second-order valence-electron chi connectivity index (χ2n) is 8.99. The van der Waals surface area contributed by atoms with E-state index in [0.29, 0.717) is 42.6 Å². The standard InChI is InChI=1S/C27H23Cl2F4N3O3/c28-19-6-4-16(26(38)36-10-8-17(34)9-11-36)12-18(19)15-5-7-22(23(13-15)39-14-27(31,32)33)35-25(37)24-20(29)2-1-3-21(24)30/h1-7,12-13,17H,8-11,14,34H2,(H,35,37). The Morgan fingerprint density at radius 1 is 1.03 bits per heavy atom. The first-order chi connectivity index (χ1) is 18.4. The van der Waals surface area contributed by atoms with Crippen molar-refractivity contribution < 1.29 is 31.9 Å². The van der Waals surface area contributed by atoms with Crippen molar-refractivity contribution >= 4 is 40.7 Å². The van der Waals surface area contributed by atoms with Crippen LogP contribution in [0.4, 0.5) is 23.2 Å². The molecule has 3 N–H and O–H groups in total. The summed E-state index contributed by atoms with van der Waals surface area (Å²) in [5.74, 6) is -2.45. The summed E-state index contributed by atoms with van der Waals surface area (Å²) in [6.07, 6.45) is -3.32. The minimum absolute atomic E-state index is 0.0402. The molecule has 0 saturated carbocycles. The molecule has 1 aliphatic rings. The van der Waals surface area contributed by atoms with Gasteiger partial charge in [0.2, 0.25) is 0 Å². The third-order valence-corrected chi connectivity index (χ3v) is 6.81. The molecule has 0 aliphatic carbocycles. The topological polar surface area (TPSA) is 84.7 Å². The first-order valence-corrected chi connectivity index (χ1v) is 12.6. The molecule has 0 bridgehead atoms. The van der Waals surface area contributed by atoms with E-state index in [2.05, 4.69) is 5.32 Å². The molecule has 0 atom stereocenters. The summed E-state index contributed by atoms with van der Waals surface area (Å²) in [6, 6.07) is 12.3. The number of nitrogens with two attached hydrogens (primary N) is 1. The van der Waals surface area contributed by atoms with Crippen LogP contribution in [0.3, 0.4) is 0 Å². The maximum atomic E-state index is 14.2. The molecule has 39 heavy (non-hydrogen) atoms. The summed E-state index contributed by atoms with van der Waals surface area (Å²) in [4.78, 5) is 27.5. The molecular formula is C27H23Cl2F4N3O3. The van der Waals surface area contributed by atoms with Crippen LogP contribution >= 0.6 is 23.2 Å². The Morgan fingerprint density at radius 3 is 2.41 bits per heavy atom. The van der Waals surface area contributed by atoms with E-state index in [9.17, 15) is 27.2 Å². The van der Waals surface area contributed by atoms with Gasteiger partial charge in [0.05, 0.1) is 16.3 Å². The van der Waals surface area contributed by atoms with Gasteiger partial charge in [-0.15, -0.1) is 0 Å². The molecule has 0 aromatic heterocycles. The van der Waals surface area contributed by atoms with Crippen LogP contribution in [0.1, 0.15) is 33.6 Å². The number of ether oxygens (including phenoxy) is 1. The van der Waals surface area contributed by atoms with Crippen LogP contribution in [0.15, 0.2) is 54.6 Å². The number of amides is 2. The number of halogens is 6. The molecule has 0 spiro atoms. The first kappa shape index (κ1) is 28.7. The van der Waals surface area contributed by atoms with E-state index in [4.69, 9.17) is 33.7 Å². The fourth-order valence-electron chi connectivity index (χ4n) is 4.14. The van der Waals surface area contributed by atoms with Crippen LogP contribution in [-0.4, -0.2) is 48.6 Å². The van der Waals surface area contributed by atoms with Crippen molar-refractivity contribution in [3.05, 3.63) is 81.6 Å². The Kier molecular flexibility index (Phi) is 8.68. The number of likely N-dealkylation sites (tertiary alicyclic amines) is 1. The number of hydrogen-bond acceptors (Lipinski definition) is 4. The molecule has 1 heterocycles. The monoisotopic (exact) mass is 583 g/mol. The van der Waals surface area contributed by atoms with E-state index in [1.165, 1.54) is 36.4 Å². The van der Waals surface area contributed by atoms with E-state index < -0.39 is 30.1 Å². The van der Waals surface area contributed by atoms with Crippen LogP contribution in [0.2, 0.25) is 10.0 Å². The van der Waals surface area contributed by atoms with Crippen LogP contribution < -0.4 is 15.8 Å². The molecule has 0 radical (unpaired) electrons. The number of piperidine rings is 1. The number of rotatable bonds is 6. The molecule has 1 fully saturated rings. The van der Waals surface area contributed by atoms with Gasteiger partial charge in [-0.3, -0.25) is 9.59 Å². The smallest absolute Gasteiger partial charge is 0.422 e. The Morgan fingerprint density at radius 2 is 1.74 bits per heavy atom. The molecule has 6 nitrogen and oxygen atoms in total. The van der Waals surface area contributed by atoms with Crippen molar-refractivity contribution in [2.45, 2.75) is 25.1 Å². The lowest BCUT2D eigenvalue weighted by Gasteiger charge is -2.30. The Hall–Kier alpha value is -3.34. The summed E-state index contributed by atoms with van der Waals surface area (Å²) in [5.41, 5.74) is 6.33. The fraction of sp³-hybridized carbons (Fsp3) is 0.259. The number of nitrogens with zero attached hydrogens (tertiary/aromatic N) is 1. The van der Waals surface area contributed by atoms with Gasteiger partial charge in [0, 0.05) is 35.3 Å². The lowest BCUT2D eigenvalue weighted by atomic mass is 10.00. The molecule has 4 rings (SSSR count). The van der Waals surface area contributed by atoms with Crippen molar-refractivity contribution in [2.75, 3.05) is 25.0 Å². The van der Waals surface area contributed by atoms with Crippen LogP contribution in [0.5, 0.6) is 5.75 Å². The van der Waals surface area contributed by atoms with Crippen molar-refractivity contribution in [3.63, 3.8) is 0 Å². The van der Waals surface area contributed by atoms with Gasteiger partial charge in [-0.25, -0.2) is 4.39 Å². The molecule has 206 valence electrons. The number of anilines is 1. The van der Waals surface area contributed by atoms with Crippen molar-refractivity contribution in [3.8, 4) is 16.9 Å². The summed E-state index contributed by atoms with van der Waals surface area (Å²) < 4.78 is 58.2. The van der Waals surface area contributed by atoms with Gasteiger partial charge in [-0.05, 0) is 60.9 Å². The molecule has 3 aromatic rings. The summed E-state index contributed by atoms with van der Waals surface area (Å²) in [7, 11) is 0. The van der Waals surface area contributed by atoms with E-state index in [1.54, 1.807) is 17.0 Å². The predicted molar refractivity (Wildman–Crippen MR) is 141 cm³/mol. The highest BCUT2D eigenvalue weighted by molar-refractivity contribution is 6.34. The summed E-state index contributed by atoms with van der Waals surface area (Å²) in [5, 5.41) is 2.42. The van der Waals surface area contributed by atoms with Crippen molar-refractivity contribution in [1.82, 2.24) is 4.90 Å². The second-order valence-corrected chi connectivity index (χ2v) is 9.80. The van der Waals surface area contributed by atoms with E-state index in [0.717, 1.165) is 6.07 Å². The quantitative estimate of drug-likeness (QED) is 0.322. The van der Waals surface area contributed by atoms with Crippen molar-refractivity contribution in [2.24, 2.45) is 5.73 Å². The number of hydrogen-bond donors (Lipinski definition) is 2. The third-order valence-electron chi connectivity index (χ3n) is 6.16. The van der Waals surface area contributed by atoms with E-state index in [-0.39, 0.29) is 33.4 Å². The zero-order chi connectivity index (χ0) is 28.3. The minimum atomic E-state index is -4.67. The van der Waals surface area contributed by atoms with E-state index in [1.807, 2.05) is 0 Å².